The highest BCUT2D eigenvalue weighted by molar-refractivity contribution is 5.83. The molecule has 4 nitrogen and oxygen atoms in total. The fourth-order valence-corrected chi connectivity index (χ4v) is 3.28. The highest BCUT2D eigenvalue weighted by Crippen LogP contribution is 2.32. The van der Waals surface area contributed by atoms with Gasteiger partial charge in [0.2, 0.25) is 6.10 Å². The molecular formula is C23H21NO3. The number of benzene rings is 3. The summed E-state index contributed by atoms with van der Waals surface area (Å²) in [5.74, 6) is 1.33. The number of rotatable bonds is 5. The van der Waals surface area contributed by atoms with Gasteiger partial charge in [-0.25, -0.2) is 0 Å². The van der Waals surface area contributed by atoms with Crippen LogP contribution in [-0.4, -0.2) is 12.5 Å². The highest BCUT2D eigenvalue weighted by Gasteiger charge is 2.28. The van der Waals surface area contributed by atoms with Crippen LogP contribution in [0.1, 0.15) is 29.7 Å². The van der Waals surface area contributed by atoms with E-state index < -0.39 is 6.10 Å². The quantitative estimate of drug-likeness (QED) is 0.732. The Labute approximate surface area is 158 Å². The first-order valence-electron chi connectivity index (χ1n) is 9.10. The Bertz CT molecular complexity index is 896. The molecule has 0 unspecified atom stereocenters. The Hall–Kier alpha value is -3.27. The number of hydrogen-bond acceptors (Lipinski definition) is 3. The van der Waals surface area contributed by atoms with Gasteiger partial charge in [-0.05, 0) is 18.2 Å². The number of carbonyl (C=O) groups excluding carboxylic acids is 1. The maximum absolute atomic E-state index is 13.1. The summed E-state index contributed by atoms with van der Waals surface area (Å²) in [6.07, 6.45) is 0.0129. The zero-order chi connectivity index (χ0) is 18.5. The monoisotopic (exact) mass is 359 g/mol. The third kappa shape index (κ3) is 3.95. The molecule has 1 aliphatic heterocycles. The van der Waals surface area contributed by atoms with Crippen molar-refractivity contribution < 1.29 is 14.3 Å². The molecule has 0 aromatic heterocycles. The van der Waals surface area contributed by atoms with E-state index in [2.05, 4.69) is 5.32 Å². The van der Waals surface area contributed by atoms with E-state index in [0.29, 0.717) is 12.4 Å². The van der Waals surface area contributed by atoms with Crippen LogP contribution in [0.4, 0.5) is 0 Å². The van der Waals surface area contributed by atoms with Gasteiger partial charge in [0, 0.05) is 17.5 Å². The summed E-state index contributed by atoms with van der Waals surface area (Å²) < 4.78 is 11.7. The summed E-state index contributed by atoms with van der Waals surface area (Å²) in [6.45, 7) is 0.581. The van der Waals surface area contributed by atoms with Gasteiger partial charge < -0.3 is 14.8 Å². The first-order valence-corrected chi connectivity index (χ1v) is 9.10. The number of nitrogens with one attached hydrogen (secondary N) is 1. The van der Waals surface area contributed by atoms with E-state index in [1.54, 1.807) is 0 Å². The van der Waals surface area contributed by atoms with Crippen LogP contribution in [0.5, 0.6) is 11.5 Å². The predicted molar refractivity (Wildman–Crippen MR) is 104 cm³/mol. The van der Waals surface area contributed by atoms with Gasteiger partial charge in [0.1, 0.15) is 11.5 Å². The van der Waals surface area contributed by atoms with Gasteiger partial charge in [0.05, 0.1) is 12.6 Å². The van der Waals surface area contributed by atoms with E-state index in [9.17, 15) is 4.79 Å². The molecule has 1 heterocycles. The second-order valence-electron chi connectivity index (χ2n) is 6.46. The van der Waals surface area contributed by atoms with Gasteiger partial charge in [0.25, 0.3) is 5.91 Å². The molecule has 0 radical (unpaired) electrons. The smallest absolute Gasteiger partial charge is 0.266 e. The predicted octanol–water partition coefficient (Wildman–Crippen LogP) is 4.45. The minimum Gasteiger partial charge on any atom is -0.493 e. The van der Waals surface area contributed by atoms with Crippen molar-refractivity contribution >= 4 is 5.91 Å². The molecule has 0 aliphatic carbocycles. The minimum atomic E-state index is -0.719. The number of fused-ring (bicyclic) bond motifs is 1. The van der Waals surface area contributed by atoms with Crippen molar-refractivity contribution in [3.8, 4) is 11.5 Å². The zero-order valence-corrected chi connectivity index (χ0v) is 14.9. The van der Waals surface area contributed by atoms with Crippen LogP contribution in [-0.2, 0) is 4.79 Å². The van der Waals surface area contributed by atoms with Crippen LogP contribution >= 0.6 is 0 Å². The maximum Gasteiger partial charge on any atom is 0.266 e. The molecule has 4 rings (SSSR count). The number of carbonyl (C=O) groups is 1. The zero-order valence-electron chi connectivity index (χ0n) is 14.9. The molecule has 0 bridgehead atoms. The Balaban J connectivity index is 1.58. The molecule has 0 saturated carbocycles. The van der Waals surface area contributed by atoms with Gasteiger partial charge >= 0.3 is 0 Å². The largest absolute Gasteiger partial charge is 0.493 e. The normalized spacial score (nSPS) is 16.5. The van der Waals surface area contributed by atoms with E-state index in [1.165, 1.54) is 0 Å². The SMILES string of the molecule is O=C(N[C@H]1CCOc2ccccc21)[C@@H](Oc1ccccc1)c1ccccc1. The fourth-order valence-electron chi connectivity index (χ4n) is 3.28. The van der Waals surface area contributed by atoms with Gasteiger partial charge in [-0.2, -0.15) is 0 Å². The molecular weight excluding hydrogens is 338 g/mol. The van der Waals surface area contributed by atoms with E-state index in [0.717, 1.165) is 23.3 Å². The summed E-state index contributed by atoms with van der Waals surface area (Å²) in [5.41, 5.74) is 1.82. The van der Waals surface area contributed by atoms with E-state index in [4.69, 9.17) is 9.47 Å². The lowest BCUT2D eigenvalue weighted by atomic mass is 9.99. The summed E-state index contributed by atoms with van der Waals surface area (Å²) in [4.78, 5) is 13.1. The third-order valence-corrected chi connectivity index (χ3v) is 4.61. The van der Waals surface area contributed by atoms with E-state index in [1.807, 2.05) is 84.9 Å². The molecule has 136 valence electrons. The van der Waals surface area contributed by atoms with Gasteiger partial charge in [-0.15, -0.1) is 0 Å². The molecule has 1 amide bonds. The van der Waals surface area contributed by atoms with Crippen LogP contribution in [0.25, 0.3) is 0 Å². The van der Waals surface area contributed by atoms with Crippen molar-refractivity contribution in [1.29, 1.82) is 0 Å². The van der Waals surface area contributed by atoms with Crippen molar-refractivity contribution in [2.75, 3.05) is 6.61 Å². The average Bonchev–Trinajstić information content (AvgIpc) is 2.73. The van der Waals surface area contributed by atoms with E-state index >= 15 is 0 Å². The molecule has 27 heavy (non-hydrogen) atoms. The van der Waals surface area contributed by atoms with Crippen molar-refractivity contribution in [2.24, 2.45) is 0 Å². The Morgan fingerprint density at radius 2 is 1.59 bits per heavy atom. The average molecular weight is 359 g/mol. The summed E-state index contributed by atoms with van der Waals surface area (Å²) >= 11 is 0. The van der Waals surface area contributed by atoms with Gasteiger partial charge in [-0.1, -0.05) is 66.7 Å². The second kappa shape index (κ2) is 7.96. The summed E-state index contributed by atoms with van der Waals surface area (Å²) in [5, 5.41) is 3.15. The first-order chi connectivity index (χ1) is 13.3. The molecule has 4 heteroatoms. The lowest BCUT2D eigenvalue weighted by molar-refractivity contribution is -0.129. The lowest BCUT2D eigenvalue weighted by Crippen LogP contribution is -2.37. The number of ether oxygens (including phenoxy) is 2. The summed E-state index contributed by atoms with van der Waals surface area (Å²) in [7, 11) is 0. The number of para-hydroxylation sites is 2. The molecule has 3 aromatic rings. The van der Waals surface area contributed by atoms with Crippen LogP contribution in [0.15, 0.2) is 84.9 Å². The topological polar surface area (TPSA) is 47.6 Å². The maximum atomic E-state index is 13.1. The third-order valence-electron chi connectivity index (χ3n) is 4.61. The highest BCUT2D eigenvalue weighted by atomic mass is 16.5. The number of amides is 1. The fraction of sp³-hybridized carbons (Fsp3) is 0.174. The van der Waals surface area contributed by atoms with Crippen LogP contribution in [0, 0.1) is 0 Å². The van der Waals surface area contributed by atoms with Crippen molar-refractivity contribution in [1.82, 2.24) is 5.32 Å². The molecule has 0 fully saturated rings. The van der Waals surface area contributed by atoms with Crippen molar-refractivity contribution in [3.05, 3.63) is 96.1 Å². The Kier molecular flexibility index (Phi) is 5.06. The van der Waals surface area contributed by atoms with Gasteiger partial charge in [0.15, 0.2) is 0 Å². The Morgan fingerprint density at radius 3 is 2.37 bits per heavy atom. The molecule has 0 spiro atoms. The summed E-state index contributed by atoms with van der Waals surface area (Å²) in [6, 6.07) is 26.7. The molecule has 3 aromatic carbocycles. The van der Waals surface area contributed by atoms with Crippen molar-refractivity contribution in [2.45, 2.75) is 18.6 Å². The molecule has 1 aliphatic rings. The standard InChI is InChI=1S/C23H21NO3/c25-23(24-20-15-16-26-21-14-8-7-13-19(20)21)22(17-9-3-1-4-10-17)27-18-11-5-2-6-12-18/h1-14,20,22H,15-16H2,(H,24,25)/t20-,22-/m0/s1. The molecule has 1 N–H and O–H groups in total. The van der Waals surface area contributed by atoms with Crippen LogP contribution < -0.4 is 14.8 Å². The molecule has 2 atom stereocenters. The second-order valence-corrected chi connectivity index (χ2v) is 6.46. The lowest BCUT2D eigenvalue weighted by Gasteiger charge is -2.28. The van der Waals surface area contributed by atoms with Crippen molar-refractivity contribution in [3.63, 3.8) is 0 Å². The first kappa shape index (κ1) is 17.2. The van der Waals surface area contributed by atoms with E-state index in [-0.39, 0.29) is 11.9 Å². The molecule has 0 saturated heterocycles. The minimum absolute atomic E-state index is 0.0898. The Morgan fingerprint density at radius 1 is 0.926 bits per heavy atom. The number of hydrogen-bond donors (Lipinski definition) is 1. The van der Waals surface area contributed by atoms with Crippen LogP contribution in [0.3, 0.4) is 0 Å². The van der Waals surface area contributed by atoms with Crippen LogP contribution in [0.2, 0.25) is 0 Å². The van der Waals surface area contributed by atoms with Gasteiger partial charge in [-0.3, -0.25) is 4.79 Å².